The van der Waals surface area contributed by atoms with Crippen molar-refractivity contribution in [2.75, 3.05) is 19.8 Å². The quantitative estimate of drug-likeness (QED) is 0.576. The van der Waals surface area contributed by atoms with Gasteiger partial charge >= 0.3 is 5.97 Å². The number of rotatable bonds is 6. The second kappa shape index (κ2) is 8.49. The van der Waals surface area contributed by atoms with Crippen LogP contribution in [0.3, 0.4) is 0 Å². The Morgan fingerprint density at radius 2 is 2.03 bits per heavy atom. The molecule has 3 rings (SSSR count). The molecule has 0 fully saturated rings. The predicted octanol–water partition coefficient (Wildman–Crippen LogP) is 4.01. The molecule has 0 spiro atoms. The van der Waals surface area contributed by atoms with Gasteiger partial charge in [0.25, 0.3) is 0 Å². The zero-order chi connectivity index (χ0) is 21.2. The van der Waals surface area contributed by atoms with Crippen molar-refractivity contribution in [2.24, 2.45) is 5.41 Å². The third-order valence-corrected chi connectivity index (χ3v) is 5.31. The molecule has 1 aliphatic carbocycles. The Morgan fingerprint density at radius 1 is 1.28 bits per heavy atom. The van der Waals surface area contributed by atoms with E-state index in [2.05, 4.69) is 5.32 Å². The summed E-state index contributed by atoms with van der Waals surface area (Å²) in [7, 11) is 0. The van der Waals surface area contributed by atoms with Crippen molar-refractivity contribution >= 4 is 11.8 Å². The van der Waals surface area contributed by atoms with Gasteiger partial charge in [-0.3, -0.25) is 4.79 Å². The zero-order valence-electron chi connectivity index (χ0n) is 17.4. The van der Waals surface area contributed by atoms with E-state index in [9.17, 15) is 14.0 Å². The minimum atomic E-state index is -0.648. The summed E-state index contributed by atoms with van der Waals surface area (Å²) in [6, 6.07) is 6.08. The number of carbonyl (C=O) groups excluding carboxylic acids is 2. The van der Waals surface area contributed by atoms with Crippen molar-refractivity contribution in [3.8, 4) is 0 Å². The van der Waals surface area contributed by atoms with E-state index >= 15 is 0 Å². The number of esters is 1. The van der Waals surface area contributed by atoms with Gasteiger partial charge in [0.1, 0.15) is 12.4 Å². The van der Waals surface area contributed by atoms with Crippen molar-refractivity contribution in [3.05, 3.63) is 58.2 Å². The second-order valence-corrected chi connectivity index (χ2v) is 8.32. The number of halogens is 1. The molecule has 1 atom stereocenters. The van der Waals surface area contributed by atoms with Gasteiger partial charge < -0.3 is 14.8 Å². The number of hydrogen-bond donors (Lipinski definition) is 1. The highest BCUT2D eigenvalue weighted by Gasteiger charge is 2.43. The van der Waals surface area contributed by atoms with Crippen molar-refractivity contribution in [3.63, 3.8) is 0 Å². The summed E-state index contributed by atoms with van der Waals surface area (Å²) in [5.74, 6) is -1.60. The average molecular weight is 401 g/mol. The van der Waals surface area contributed by atoms with Crippen LogP contribution in [0.25, 0.3) is 0 Å². The molecule has 6 heteroatoms. The summed E-state index contributed by atoms with van der Waals surface area (Å²) in [5.41, 5.74) is 2.72. The SMILES string of the molecule is CCOCCOC(=O)C1=C(C)NC2=C(C(=O)CC(C)(C)C2)C1c1cccc(F)c1. The Bertz CT molecular complexity index is 885. The Morgan fingerprint density at radius 3 is 2.72 bits per heavy atom. The number of Topliss-reactive ketones (excluding diaryl/α,β-unsaturated/α-hetero) is 1. The van der Waals surface area contributed by atoms with Gasteiger partial charge in [0, 0.05) is 35.9 Å². The molecule has 1 heterocycles. The van der Waals surface area contributed by atoms with Crippen LogP contribution in [0.1, 0.15) is 52.0 Å². The molecule has 1 aliphatic heterocycles. The molecule has 2 aliphatic rings. The smallest absolute Gasteiger partial charge is 0.336 e. The molecule has 5 nitrogen and oxygen atoms in total. The molecule has 0 saturated heterocycles. The second-order valence-electron chi connectivity index (χ2n) is 8.32. The number of allylic oxidation sites excluding steroid dienone is 3. The Hall–Kier alpha value is -2.47. The first-order valence-corrected chi connectivity index (χ1v) is 9.98. The first-order chi connectivity index (χ1) is 13.7. The summed E-state index contributed by atoms with van der Waals surface area (Å²) in [4.78, 5) is 26.0. The topological polar surface area (TPSA) is 64.6 Å². The van der Waals surface area contributed by atoms with Gasteiger partial charge in [-0.1, -0.05) is 26.0 Å². The molecule has 1 aromatic carbocycles. The highest BCUT2D eigenvalue weighted by atomic mass is 19.1. The maximum atomic E-state index is 14.0. The van der Waals surface area contributed by atoms with Crippen LogP contribution in [0.2, 0.25) is 0 Å². The molecule has 29 heavy (non-hydrogen) atoms. The van der Waals surface area contributed by atoms with Crippen LogP contribution < -0.4 is 5.32 Å². The summed E-state index contributed by atoms with van der Waals surface area (Å²) < 4.78 is 24.6. The monoisotopic (exact) mass is 401 g/mol. The summed E-state index contributed by atoms with van der Waals surface area (Å²) >= 11 is 0. The number of ether oxygens (including phenoxy) is 2. The average Bonchev–Trinajstić information content (AvgIpc) is 2.63. The van der Waals surface area contributed by atoms with Crippen molar-refractivity contribution < 1.29 is 23.5 Å². The van der Waals surface area contributed by atoms with E-state index < -0.39 is 17.7 Å². The summed E-state index contributed by atoms with van der Waals surface area (Å²) in [6.45, 7) is 8.70. The van der Waals surface area contributed by atoms with Gasteiger partial charge in [-0.25, -0.2) is 9.18 Å². The van der Waals surface area contributed by atoms with E-state index in [1.54, 1.807) is 19.1 Å². The van der Waals surface area contributed by atoms with Crippen LogP contribution in [-0.4, -0.2) is 31.6 Å². The van der Waals surface area contributed by atoms with Gasteiger partial charge in [-0.15, -0.1) is 0 Å². The van der Waals surface area contributed by atoms with E-state index in [1.807, 2.05) is 20.8 Å². The lowest BCUT2D eigenvalue weighted by atomic mass is 9.68. The number of benzene rings is 1. The van der Waals surface area contributed by atoms with Gasteiger partial charge in [-0.05, 0) is 43.4 Å². The lowest BCUT2D eigenvalue weighted by Crippen LogP contribution is -2.38. The first-order valence-electron chi connectivity index (χ1n) is 9.98. The molecule has 0 amide bonds. The third kappa shape index (κ3) is 4.58. The molecule has 156 valence electrons. The van der Waals surface area contributed by atoms with E-state index in [0.29, 0.717) is 48.5 Å². The van der Waals surface area contributed by atoms with Gasteiger partial charge in [-0.2, -0.15) is 0 Å². The summed E-state index contributed by atoms with van der Waals surface area (Å²) in [5, 5.41) is 3.26. The molecule has 0 bridgehead atoms. The van der Waals surface area contributed by atoms with Gasteiger partial charge in [0.2, 0.25) is 0 Å². The lowest BCUT2D eigenvalue weighted by molar-refractivity contribution is -0.140. The maximum Gasteiger partial charge on any atom is 0.336 e. The van der Waals surface area contributed by atoms with Gasteiger partial charge in [0.05, 0.1) is 12.2 Å². The van der Waals surface area contributed by atoms with Crippen molar-refractivity contribution in [1.82, 2.24) is 5.32 Å². The first kappa shape index (κ1) is 21.2. The Labute approximate surface area is 171 Å². The van der Waals surface area contributed by atoms with E-state index in [-0.39, 0.29) is 17.8 Å². The van der Waals surface area contributed by atoms with Crippen LogP contribution in [0, 0.1) is 11.2 Å². The van der Waals surface area contributed by atoms with Crippen LogP contribution in [0.5, 0.6) is 0 Å². The van der Waals surface area contributed by atoms with E-state index in [0.717, 1.165) is 5.70 Å². The highest BCUT2D eigenvalue weighted by molar-refractivity contribution is 6.04. The largest absolute Gasteiger partial charge is 0.460 e. The zero-order valence-corrected chi connectivity index (χ0v) is 17.4. The highest BCUT2D eigenvalue weighted by Crippen LogP contribution is 2.46. The fourth-order valence-corrected chi connectivity index (χ4v) is 4.14. The number of ketones is 1. The Kier molecular flexibility index (Phi) is 6.22. The molecule has 0 radical (unpaired) electrons. The number of dihydropyridines is 1. The van der Waals surface area contributed by atoms with Gasteiger partial charge in [0.15, 0.2) is 5.78 Å². The van der Waals surface area contributed by atoms with E-state index in [4.69, 9.17) is 9.47 Å². The minimum absolute atomic E-state index is 0.0230. The molecule has 0 aromatic heterocycles. The number of nitrogens with one attached hydrogen (secondary N) is 1. The molecular formula is C23H28FNO4. The predicted molar refractivity (Wildman–Crippen MR) is 107 cm³/mol. The standard InChI is InChI=1S/C23H28FNO4/c1-5-28-9-10-29-22(27)19-14(2)25-17-12-23(3,4)13-18(26)21(17)20(19)15-7-6-8-16(24)11-15/h6-8,11,20,25H,5,9-10,12-13H2,1-4H3. The maximum absolute atomic E-state index is 14.0. The van der Waals surface area contributed by atoms with Crippen LogP contribution >= 0.6 is 0 Å². The molecule has 1 aromatic rings. The minimum Gasteiger partial charge on any atom is -0.460 e. The number of carbonyl (C=O) groups is 2. The Balaban J connectivity index is 2.03. The summed E-state index contributed by atoms with van der Waals surface area (Å²) in [6.07, 6.45) is 1.06. The molecular weight excluding hydrogens is 373 g/mol. The van der Waals surface area contributed by atoms with Crippen molar-refractivity contribution in [2.45, 2.75) is 46.5 Å². The van der Waals surface area contributed by atoms with Crippen LogP contribution in [-0.2, 0) is 19.1 Å². The fourth-order valence-electron chi connectivity index (χ4n) is 4.14. The fraction of sp³-hybridized carbons (Fsp3) is 0.478. The third-order valence-electron chi connectivity index (χ3n) is 5.31. The normalized spacial score (nSPS) is 21.0. The molecule has 1 N–H and O–H groups in total. The van der Waals surface area contributed by atoms with Crippen LogP contribution in [0.4, 0.5) is 4.39 Å². The van der Waals surface area contributed by atoms with E-state index in [1.165, 1.54) is 12.1 Å². The molecule has 1 unspecified atom stereocenters. The molecule has 0 saturated carbocycles. The van der Waals surface area contributed by atoms with Crippen molar-refractivity contribution in [1.29, 1.82) is 0 Å². The van der Waals surface area contributed by atoms with Crippen LogP contribution in [0.15, 0.2) is 46.8 Å². The number of hydrogen-bond acceptors (Lipinski definition) is 5. The lowest BCUT2D eigenvalue weighted by Gasteiger charge is -2.39.